The van der Waals surface area contributed by atoms with Crippen molar-refractivity contribution < 1.29 is 31.3 Å². The first kappa shape index (κ1) is 32.5. The van der Waals surface area contributed by atoms with Gasteiger partial charge in [0.25, 0.3) is 0 Å². The largest absolute Gasteiger partial charge is 0.673 e. The van der Waals surface area contributed by atoms with Crippen molar-refractivity contribution in [1.82, 2.24) is 4.90 Å². The molecule has 0 heterocycles. The molecule has 0 unspecified atom stereocenters. The lowest BCUT2D eigenvalue weighted by atomic mass is 10.1. The van der Waals surface area contributed by atoms with Gasteiger partial charge in [-0.2, -0.15) is 0 Å². The summed E-state index contributed by atoms with van der Waals surface area (Å²) in [4.78, 5) is 2.36. The highest BCUT2D eigenvalue weighted by molar-refractivity contribution is 6.50. The minimum atomic E-state index is -6.00. The summed E-state index contributed by atoms with van der Waals surface area (Å²) >= 11 is 0. The molecule has 2 aromatic carbocycles. The fourth-order valence-corrected chi connectivity index (χ4v) is 3.78. The molecule has 2 aromatic rings. The predicted octanol–water partition coefficient (Wildman–Crippen LogP) is 7.34. The zero-order valence-electron chi connectivity index (χ0n) is 23.1. The molecule has 0 saturated carbocycles. The van der Waals surface area contributed by atoms with Crippen LogP contribution in [0.25, 0.3) is 5.70 Å². The van der Waals surface area contributed by atoms with E-state index in [2.05, 4.69) is 91.8 Å². The Labute approximate surface area is 224 Å². The van der Waals surface area contributed by atoms with Crippen LogP contribution in [0.15, 0.2) is 78.9 Å². The zero-order chi connectivity index (χ0) is 28.6. The normalized spacial score (nSPS) is 11.8. The third-order valence-electron chi connectivity index (χ3n) is 5.71. The van der Waals surface area contributed by atoms with Gasteiger partial charge in [0.15, 0.2) is 0 Å². The number of hydrogen-bond acceptors (Lipinski definition) is 3. The van der Waals surface area contributed by atoms with Gasteiger partial charge in [-0.1, -0.05) is 18.2 Å². The highest BCUT2D eigenvalue weighted by Crippen LogP contribution is 2.22. The van der Waals surface area contributed by atoms with Gasteiger partial charge >= 0.3 is 7.25 Å². The molecule has 0 spiro atoms. The summed E-state index contributed by atoms with van der Waals surface area (Å²) < 4.78 is 52.0. The number of benzene rings is 2. The third kappa shape index (κ3) is 11.7. The average Bonchev–Trinajstić information content (AvgIpc) is 2.91. The Hall–Kier alpha value is -3.49. The van der Waals surface area contributed by atoms with Crippen molar-refractivity contribution in [3.05, 3.63) is 90.0 Å². The summed E-state index contributed by atoms with van der Waals surface area (Å²) in [5.41, 5.74) is 4.77. The van der Waals surface area contributed by atoms with Crippen LogP contribution in [-0.4, -0.2) is 62.8 Å². The van der Waals surface area contributed by atoms with E-state index in [0.29, 0.717) is 0 Å². The van der Waals surface area contributed by atoms with E-state index in [4.69, 9.17) is 9.47 Å². The summed E-state index contributed by atoms with van der Waals surface area (Å²) in [6.45, 7) is 12.6. The Morgan fingerprint density at radius 1 is 0.737 bits per heavy atom. The lowest BCUT2D eigenvalue weighted by Gasteiger charge is -2.24. The summed E-state index contributed by atoms with van der Waals surface area (Å²) in [6.07, 6.45) is 10.7. The van der Waals surface area contributed by atoms with Crippen molar-refractivity contribution in [1.29, 1.82) is 0 Å². The van der Waals surface area contributed by atoms with Crippen LogP contribution in [0.3, 0.4) is 0 Å². The van der Waals surface area contributed by atoms with E-state index in [9.17, 15) is 17.3 Å². The Morgan fingerprint density at radius 2 is 1.18 bits per heavy atom. The molecule has 0 aliphatic carbocycles. The molecule has 0 fully saturated rings. The Morgan fingerprint density at radius 3 is 1.58 bits per heavy atom. The van der Waals surface area contributed by atoms with Crippen molar-refractivity contribution in [2.45, 2.75) is 27.7 Å². The van der Waals surface area contributed by atoms with Gasteiger partial charge in [-0.3, -0.25) is 0 Å². The fraction of sp³-hybridized carbons (Fsp3) is 0.345. The van der Waals surface area contributed by atoms with Gasteiger partial charge < -0.3 is 31.6 Å². The van der Waals surface area contributed by atoms with E-state index in [1.54, 1.807) is 14.2 Å². The molecular weight excluding hydrogens is 495 g/mol. The topological polar surface area (TPSA) is 24.7 Å². The predicted molar refractivity (Wildman–Crippen MR) is 151 cm³/mol. The molecule has 0 radical (unpaired) electrons. The summed E-state index contributed by atoms with van der Waals surface area (Å²) in [5, 5.41) is 0. The zero-order valence-corrected chi connectivity index (χ0v) is 23.1. The fourth-order valence-electron chi connectivity index (χ4n) is 3.78. The lowest BCUT2D eigenvalue weighted by Crippen LogP contribution is -2.21. The van der Waals surface area contributed by atoms with E-state index in [1.807, 2.05) is 24.3 Å². The number of halogens is 4. The molecule has 0 amide bonds. The second-order valence-electron chi connectivity index (χ2n) is 7.98. The molecule has 0 bridgehead atoms. The lowest BCUT2D eigenvalue weighted by molar-refractivity contribution is -0.519. The number of ether oxygens (including phenoxy) is 2. The van der Waals surface area contributed by atoms with Crippen LogP contribution in [0.4, 0.5) is 17.3 Å². The quantitative estimate of drug-likeness (QED) is 0.0937. The molecule has 0 aliphatic heterocycles. The number of rotatable bonds is 12. The first-order valence-corrected chi connectivity index (χ1v) is 12.7. The van der Waals surface area contributed by atoms with E-state index >= 15 is 0 Å². The van der Waals surface area contributed by atoms with Gasteiger partial charge in [-0.15, -0.1) is 0 Å². The van der Waals surface area contributed by atoms with Gasteiger partial charge in [0.1, 0.15) is 24.6 Å². The Bertz CT molecular complexity index is 1060. The molecule has 0 saturated heterocycles. The first-order chi connectivity index (χ1) is 18.1. The van der Waals surface area contributed by atoms with Gasteiger partial charge in [0.2, 0.25) is 5.71 Å². The van der Waals surface area contributed by atoms with Crippen LogP contribution < -0.4 is 9.47 Å². The smallest absolute Gasteiger partial charge is 0.497 e. The molecule has 38 heavy (non-hydrogen) atoms. The van der Waals surface area contributed by atoms with Crippen molar-refractivity contribution in [3.8, 4) is 11.5 Å². The van der Waals surface area contributed by atoms with Crippen molar-refractivity contribution >= 4 is 18.7 Å². The summed E-state index contributed by atoms with van der Waals surface area (Å²) in [6, 6.07) is 16.5. The maximum absolute atomic E-state index is 9.75. The highest BCUT2D eigenvalue weighted by Gasteiger charge is 2.20. The SMILES string of the molecule is CCN(CC)C(=CC=CC=CC(c1ccc(OC)cc1)=[N+](CC)CC)c1ccc(OC)cc1.F[B-](F)(F)F. The van der Waals surface area contributed by atoms with Crippen molar-refractivity contribution in [3.63, 3.8) is 0 Å². The second-order valence-corrected chi connectivity index (χ2v) is 7.98. The molecule has 0 atom stereocenters. The van der Waals surface area contributed by atoms with Gasteiger partial charge in [-0.05, 0) is 87.9 Å². The minimum Gasteiger partial charge on any atom is -0.497 e. The number of hydrogen-bond donors (Lipinski definition) is 0. The van der Waals surface area contributed by atoms with Crippen LogP contribution in [-0.2, 0) is 0 Å². The van der Waals surface area contributed by atoms with Gasteiger partial charge in [0, 0.05) is 30.4 Å². The first-order valence-electron chi connectivity index (χ1n) is 12.7. The molecule has 4 nitrogen and oxygen atoms in total. The van der Waals surface area contributed by atoms with Gasteiger partial charge in [0.05, 0.1) is 14.2 Å². The van der Waals surface area contributed by atoms with Crippen molar-refractivity contribution in [2.24, 2.45) is 0 Å². The molecule has 2 rings (SSSR count). The second kappa shape index (κ2) is 17.1. The van der Waals surface area contributed by atoms with Crippen LogP contribution in [0.1, 0.15) is 38.8 Å². The third-order valence-corrected chi connectivity index (χ3v) is 5.71. The Balaban J connectivity index is 0.00000132. The van der Waals surface area contributed by atoms with Crippen molar-refractivity contribution in [2.75, 3.05) is 40.4 Å². The molecule has 208 valence electrons. The average molecular weight is 534 g/mol. The maximum atomic E-state index is 9.75. The van der Waals surface area contributed by atoms with Gasteiger partial charge in [-0.25, -0.2) is 4.58 Å². The van der Waals surface area contributed by atoms with Crippen LogP contribution in [0.2, 0.25) is 0 Å². The molecule has 9 heteroatoms. The minimum absolute atomic E-state index is 0.870. The molecule has 0 aliphatic rings. The molecule has 0 N–H and O–H groups in total. The number of methoxy groups -OCH3 is 2. The summed E-state index contributed by atoms with van der Waals surface area (Å²) in [7, 11) is -2.61. The summed E-state index contributed by atoms with van der Waals surface area (Å²) in [5.74, 6) is 1.74. The molecular formula is C29H39BF4N2O2. The van der Waals surface area contributed by atoms with E-state index < -0.39 is 7.25 Å². The maximum Gasteiger partial charge on any atom is 0.673 e. The standard InChI is InChI=1S/C29H39N2O2.BF4/c1-7-30(8-2)28(24-16-20-26(32-5)21-17-24)14-12-11-13-15-29(31(9-3)10-4)25-18-22-27(33-6)23-19-25;2-1(3,4)5/h11-23H,7-10H2,1-6H3;/q+1;-1. The number of allylic oxidation sites excluding steroid dienone is 5. The Kier molecular flexibility index (Phi) is 14.6. The monoisotopic (exact) mass is 534 g/mol. The van der Waals surface area contributed by atoms with E-state index in [1.165, 1.54) is 22.5 Å². The van der Waals surface area contributed by atoms with Crippen LogP contribution in [0.5, 0.6) is 11.5 Å². The van der Waals surface area contributed by atoms with E-state index in [-0.39, 0.29) is 0 Å². The number of nitrogens with zero attached hydrogens (tertiary/aromatic N) is 2. The van der Waals surface area contributed by atoms with E-state index in [0.717, 1.165) is 37.7 Å². The van der Waals surface area contributed by atoms with Crippen LogP contribution >= 0.6 is 0 Å². The highest BCUT2D eigenvalue weighted by atomic mass is 19.5. The molecule has 0 aromatic heterocycles. The van der Waals surface area contributed by atoms with Crippen LogP contribution in [0, 0.1) is 0 Å².